The number of carbonyl (C=O) groups is 1. The fourth-order valence-electron chi connectivity index (χ4n) is 3.76. The van der Waals surface area contributed by atoms with Crippen LogP contribution in [0.15, 0.2) is 54.2 Å². The van der Waals surface area contributed by atoms with Gasteiger partial charge < -0.3 is 9.47 Å². The van der Waals surface area contributed by atoms with Crippen LogP contribution in [0.1, 0.15) is 24.0 Å². The van der Waals surface area contributed by atoms with E-state index in [-0.39, 0.29) is 23.8 Å². The Hall–Kier alpha value is -3.10. The van der Waals surface area contributed by atoms with Gasteiger partial charge in [-0.05, 0) is 37.1 Å². The Morgan fingerprint density at radius 2 is 1.93 bits per heavy atom. The third kappa shape index (κ3) is 3.76. The summed E-state index contributed by atoms with van der Waals surface area (Å²) in [5.74, 6) is -0.603. The van der Waals surface area contributed by atoms with Crippen LogP contribution in [-0.4, -0.2) is 28.5 Å². The highest BCUT2D eigenvalue weighted by atomic mass is 35.5. The normalized spacial score (nSPS) is 14.4. The molecule has 0 spiro atoms. The van der Waals surface area contributed by atoms with Crippen LogP contribution in [0, 0.1) is 17.1 Å². The van der Waals surface area contributed by atoms with Crippen LogP contribution in [0.5, 0.6) is 0 Å². The Morgan fingerprint density at radius 3 is 2.66 bits per heavy atom. The van der Waals surface area contributed by atoms with Gasteiger partial charge in [0.1, 0.15) is 17.5 Å². The minimum atomic E-state index is -0.366. The van der Waals surface area contributed by atoms with Crippen LogP contribution in [0.4, 0.5) is 4.39 Å². The molecular formula is C23H19ClFN3O. The molecule has 2 aromatic carbocycles. The molecule has 0 unspecified atom stereocenters. The summed E-state index contributed by atoms with van der Waals surface area (Å²) in [6, 6.07) is 14.3. The van der Waals surface area contributed by atoms with Gasteiger partial charge >= 0.3 is 0 Å². The second-order valence-corrected chi connectivity index (χ2v) is 7.51. The van der Waals surface area contributed by atoms with Crippen LogP contribution >= 0.6 is 11.6 Å². The Kier molecular flexibility index (Phi) is 5.37. The van der Waals surface area contributed by atoms with Crippen LogP contribution in [0.3, 0.4) is 0 Å². The first-order valence-corrected chi connectivity index (χ1v) is 9.88. The third-order valence-corrected chi connectivity index (χ3v) is 5.61. The fraction of sp³-hybridized carbons (Fsp3) is 0.217. The van der Waals surface area contributed by atoms with Crippen molar-refractivity contribution in [3.8, 4) is 6.07 Å². The summed E-state index contributed by atoms with van der Waals surface area (Å²) in [5, 5.41) is 10.8. The molecule has 1 fully saturated rings. The first-order valence-electron chi connectivity index (χ1n) is 9.50. The topological polar surface area (TPSA) is 49.0 Å². The number of rotatable bonds is 4. The van der Waals surface area contributed by atoms with Crippen molar-refractivity contribution in [2.24, 2.45) is 0 Å². The molecule has 2 heterocycles. The molecule has 0 radical (unpaired) electrons. The van der Waals surface area contributed by atoms with E-state index in [1.807, 2.05) is 41.1 Å². The van der Waals surface area contributed by atoms with Gasteiger partial charge in [0.05, 0.1) is 6.54 Å². The van der Waals surface area contributed by atoms with Gasteiger partial charge in [-0.1, -0.05) is 35.9 Å². The molecular weight excluding hydrogens is 389 g/mol. The van der Waals surface area contributed by atoms with Gasteiger partial charge in [0.25, 0.3) is 5.91 Å². The quantitative estimate of drug-likeness (QED) is 0.450. The average Bonchev–Trinajstić information content (AvgIpc) is 3.37. The SMILES string of the molecule is N#C/C(=C\c1cn(Cc2c(F)cccc2Cl)c2ccccc12)C(=O)N1CCCC1. The highest BCUT2D eigenvalue weighted by Crippen LogP contribution is 2.27. The van der Waals surface area contributed by atoms with Crippen molar-refractivity contribution in [2.75, 3.05) is 13.1 Å². The molecule has 0 N–H and O–H groups in total. The minimum Gasteiger partial charge on any atom is -0.342 e. The number of amides is 1. The molecule has 6 heteroatoms. The first kappa shape index (κ1) is 19.2. The average molecular weight is 408 g/mol. The van der Waals surface area contributed by atoms with E-state index in [0.29, 0.717) is 23.7 Å². The van der Waals surface area contributed by atoms with E-state index in [1.165, 1.54) is 6.07 Å². The van der Waals surface area contributed by atoms with Gasteiger partial charge in [0, 0.05) is 46.3 Å². The molecule has 146 valence electrons. The van der Waals surface area contributed by atoms with Crippen molar-refractivity contribution in [1.29, 1.82) is 5.26 Å². The van der Waals surface area contributed by atoms with Crippen molar-refractivity contribution in [3.63, 3.8) is 0 Å². The van der Waals surface area contributed by atoms with Crippen molar-refractivity contribution in [1.82, 2.24) is 9.47 Å². The summed E-state index contributed by atoms with van der Waals surface area (Å²) < 4.78 is 16.2. The van der Waals surface area contributed by atoms with E-state index in [9.17, 15) is 14.4 Å². The number of nitrogens with zero attached hydrogens (tertiary/aromatic N) is 3. The summed E-state index contributed by atoms with van der Waals surface area (Å²) in [7, 11) is 0. The number of likely N-dealkylation sites (tertiary alicyclic amines) is 1. The maximum Gasteiger partial charge on any atom is 0.264 e. The number of fused-ring (bicyclic) bond motifs is 1. The van der Waals surface area contributed by atoms with Crippen LogP contribution < -0.4 is 0 Å². The maximum absolute atomic E-state index is 14.3. The molecule has 1 amide bonds. The van der Waals surface area contributed by atoms with Gasteiger partial charge in [-0.2, -0.15) is 5.26 Å². The van der Waals surface area contributed by atoms with Crippen molar-refractivity contribution in [3.05, 3.63) is 76.2 Å². The predicted octanol–water partition coefficient (Wildman–Crippen LogP) is 5.01. The van der Waals surface area contributed by atoms with Crippen molar-refractivity contribution < 1.29 is 9.18 Å². The predicted molar refractivity (Wildman–Crippen MR) is 112 cm³/mol. The molecule has 1 aliphatic rings. The Labute approximate surface area is 173 Å². The molecule has 0 aliphatic carbocycles. The lowest BCUT2D eigenvalue weighted by molar-refractivity contribution is -0.125. The van der Waals surface area contributed by atoms with Crippen molar-refractivity contribution >= 4 is 34.5 Å². The zero-order valence-corrected chi connectivity index (χ0v) is 16.5. The number of hydrogen-bond acceptors (Lipinski definition) is 2. The molecule has 0 bridgehead atoms. The summed E-state index contributed by atoms with van der Waals surface area (Å²) >= 11 is 6.20. The first-order chi connectivity index (χ1) is 14.1. The van der Waals surface area contributed by atoms with Crippen LogP contribution in [0.2, 0.25) is 5.02 Å². The van der Waals surface area contributed by atoms with E-state index in [1.54, 1.807) is 23.1 Å². The summed E-state index contributed by atoms with van der Waals surface area (Å²) in [4.78, 5) is 14.4. The van der Waals surface area contributed by atoms with Crippen LogP contribution in [-0.2, 0) is 11.3 Å². The van der Waals surface area contributed by atoms with E-state index in [2.05, 4.69) is 0 Å². The lowest BCUT2D eigenvalue weighted by Gasteiger charge is -2.13. The van der Waals surface area contributed by atoms with Crippen LogP contribution in [0.25, 0.3) is 17.0 Å². The second-order valence-electron chi connectivity index (χ2n) is 7.10. The van der Waals surface area contributed by atoms with E-state index >= 15 is 0 Å². The number of carbonyl (C=O) groups excluding carboxylic acids is 1. The minimum absolute atomic E-state index is 0.110. The summed E-state index contributed by atoms with van der Waals surface area (Å²) in [6.45, 7) is 1.62. The standard InChI is InChI=1S/C23H19ClFN3O/c24-20-7-5-8-21(25)19(20)15-28-14-17(18-6-1-2-9-22(18)28)12-16(13-26)23(29)27-10-3-4-11-27/h1-2,5-9,12,14H,3-4,10-11,15H2/b16-12+. The summed E-state index contributed by atoms with van der Waals surface area (Å²) in [6.07, 6.45) is 5.39. The lowest BCUT2D eigenvalue weighted by Crippen LogP contribution is -2.28. The Balaban J connectivity index is 1.76. The molecule has 1 aliphatic heterocycles. The molecule has 3 aromatic rings. The molecule has 1 aromatic heterocycles. The highest BCUT2D eigenvalue weighted by Gasteiger charge is 2.22. The fourth-order valence-corrected chi connectivity index (χ4v) is 3.99. The van der Waals surface area contributed by atoms with Gasteiger partial charge in [-0.25, -0.2) is 4.39 Å². The van der Waals surface area contributed by atoms with Gasteiger partial charge in [0.2, 0.25) is 0 Å². The smallest absolute Gasteiger partial charge is 0.264 e. The lowest BCUT2D eigenvalue weighted by atomic mass is 10.1. The Bertz CT molecular complexity index is 1130. The van der Waals surface area contributed by atoms with Gasteiger partial charge in [-0.15, -0.1) is 0 Å². The monoisotopic (exact) mass is 407 g/mol. The van der Waals surface area contributed by atoms with Gasteiger partial charge in [-0.3, -0.25) is 4.79 Å². The maximum atomic E-state index is 14.3. The molecule has 29 heavy (non-hydrogen) atoms. The molecule has 0 saturated carbocycles. The molecule has 4 rings (SSSR count). The number of hydrogen-bond donors (Lipinski definition) is 0. The number of nitriles is 1. The van der Waals surface area contributed by atoms with E-state index in [4.69, 9.17) is 11.6 Å². The molecule has 1 saturated heterocycles. The molecule has 4 nitrogen and oxygen atoms in total. The Morgan fingerprint density at radius 1 is 1.17 bits per heavy atom. The third-order valence-electron chi connectivity index (χ3n) is 5.25. The number of halogens is 2. The summed E-state index contributed by atoms with van der Waals surface area (Å²) in [5.41, 5.74) is 2.14. The highest BCUT2D eigenvalue weighted by molar-refractivity contribution is 6.31. The number of benzene rings is 2. The zero-order valence-electron chi connectivity index (χ0n) is 15.7. The largest absolute Gasteiger partial charge is 0.342 e. The second kappa shape index (κ2) is 8.10. The zero-order chi connectivity index (χ0) is 20.4. The van der Waals surface area contributed by atoms with E-state index < -0.39 is 0 Å². The van der Waals surface area contributed by atoms with Crippen molar-refractivity contribution in [2.45, 2.75) is 19.4 Å². The number of para-hydroxylation sites is 1. The van der Waals surface area contributed by atoms with Gasteiger partial charge in [0.15, 0.2) is 0 Å². The molecule has 0 atom stereocenters. The number of aromatic nitrogens is 1. The van der Waals surface area contributed by atoms with E-state index in [0.717, 1.165) is 29.3 Å².